The number of amides is 1. The first kappa shape index (κ1) is 19.8. The maximum atomic E-state index is 12.8. The fourth-order valence-corrected chi connectivity index (χ4v) is 2.66. The molecule has 0 aliphatic rings. The van der Waals surface area contributed by atoms with Gasteiger partial charge in [0.25, 0.3) is 5.91 Å². The molecule has 3 aromatic rings. The van der Waals surface area contributed by atoms with E-state index in [2.05, 4.69) is 0 Å². The quantitative estimate of drug-likeness (QED) is 0.345. The normalized spacial score (nSPS) is 10.5. The zero-order valence-corrected chi connectivity index (χ0v) is 15.6. The summed E-state index contributed by atoms with van der Waals surface area (Å²) in [6.45, 7) is -0.386. The van der Waals surface area contributed by atoms with E-state index in [1.54, 1.807) is 54.6 Å². The van der Waals surface area contributed by atoms with Crippen LogP contribution in [-0.4, -0.2) is 24.3 Å². The number of ether oxygens (including phenoxy) is 1. The van der Waals surface area contributed by atoms with Crippen molar-refractivity contribution >= 4 is 29.0 Å². The van der Waals surface area contributed by atoms with Crippen LogP contribution in [0.15, 0.2) is 103 Å². The van der Waals surface area contributed by atoms with E-state index < -0.39 is 11.9 Å². The molecule has 3 rings (SSSR count). The molecule has 0 bridgehead atoms. The minimum atomic E-state index is -0.760. The van der Waals surface area contributed by atoms with Gasteiger partial charge in [-0.15, -0.1) is 0 Å². The maximum absolute atomic E-state index is 12.8. The third-order valence-corrected chi connectivity index (χ3v) is 4.05. The van der Waals surface area contributed by atoms with Crippen molar-refractivity contribution < 1.29 is 19.1 Å². The molecular formula is C24H19NO4. The standard InChI is InChI=1S/C24H19NO4/c26-22(19-10-4-1-5-11-19)18-29-24(28)17-16-23(27)25(20-12-6-2-7-13-20)21-14-8-3-9-15-21/h1-17H,18H2. The Bertz CT molecular complexity index is 959. The lowest BCUT2D eigenvalue weighted by Crippen LogP contribution is -2.24. The first-order valence-corrected chi connectivity index (χ1v) is 9.02. The van der Waals surface area contributed by atoms with E-state index in [1.165, 1.54) is 4.90 Å². The number of esters is 1. The SMILES string of the molecule is O=C(C=CC(=O)N(c1ccccc1)c1ccccc1)OCC(=O)c1ccccc1. The van der Waals surface area contributed by atoms with Crippen molar-refractivity contribution in [3.05, 3.63) is 109 Å². The molecule has 0 fully saturated rings. The number of anilines is 2. The summed E-state index contributed by atoms with van der Waals surface area (Å²) >= 11 is 0. The lowest BCUT2D eigenvalue weighted by Gasteiger charge is -2.21. The Morgan fingerprint density at radius 3 is 1.69 bits per heavy atom. The van der Waals surface area contributed by atoms with Crippen molar-refractivity contribution in [2.75, 3.05) is 11.5 Å². The second-order valence-electron chi connectivity index (χ2n) is 6.07. The number of benzene rings is 3. The van der Waals surface area contributed by atoms with Crippen molar-refractivity contribution in [3.63, 3.8) is 0 Å². The molecule has 0 unspecified atom stereocenters. The lowest BCUT2D eigenvalue weighted by atomic mass is 10.1. The Kier molecular flexibility index (Phi) is 6.68. The molecule has 0 N–H and O–H groups in total. The van der Waals surface area contributed by atoms with Gasteiger partial charge in [0.2, 0.25) is 0 Å². The van der Waals surface area contributed by atoms with Crippen LogP contribution in [0.2, 0.25) is 0 Å². The van der Waals surface area contributed by atoms with Gasteiger partial charge >= 0.3 is 5.97 Å². The monoisotopic (exact) mass is 385 g/mol. The molecular weight excluding hydrogens is 366 g/mol. The van der Waals surface area contributed by atoms with Crippen LogP contribution in [0.1, 0.15) is 10.4 Å². The number of hydrogen-bond acceptors (Lipinski definition) is 4. The van der Waals surface area contributed by atoms with Gasteiger partial charge in [0.1, 0.15) is 0 Å². The number of nitrogens with zero attached hydrogens (tertiary/aromatic N) is 1. The molecule has 3 aromatic carbocycles. The van der Waals surface area contributed by atoms with E-state index in [9.17, 15) is 14.4 Å². The van der Waals surface area contributed by atoms with Gasteiger partial charge in [-0.05, 0) is 24.3 Å². The fraction of sp³-hybridized carbons (Fsp3) is 0.0417. The summed E-state index contributed by atoms with van der Waals surface area (Å²) < 4.78 is 4.95. The molecule has 144 valence electrons. The first-order chi connectivity index (χ1) is 14.1. The number of Topliss-reactive ketones (excluding diaryl/α,β-unsaturated/α-hetero) is 1. The van der Waals surface area contributed by atoms with Crippen molar-refractivity contribution in [1.29, 1.82) is 0 Å². The molecule has 0 spiro atoms. The van der Waals surface area contributed by atoms with Crippen LogP contribution in [0, 0.1) is 0 Å². The van der Waals surface area contributed by atoms with E-state index in [-0.39, 0.29) is 12.4 Å². The number of ketones is 1. The Balaban J connectivity index is 1.67. The smallest absolute Gasteiger partial charge is 0.331 e. The summed E-state index contributed by atoms with van der Waals surface area (Å²) in [5, 5.41) is 0. The van der Waals surface area contributed by atoms with Gasteiger partial charge in [-0.3, -0.25) is 14.5 Å². The molecule has 0 aromatic heterocycles. The topological polar surface area (TPSA) is 63.7 Å². The zero-order valence-electron chi connectivity index (χ0n) is 15.6. The number of carbonyl (C=O) groups is 3. The third-order valence-electron chi connectivity index (χ3n) is 4.05. The Labute approximate surface area is 168 Å². The van der Waals surface area contributed by atoms with Crippen LogP contribution in [0.4, 0.5) is 11.4 Å². The number of para-hydroxylation sites is 2. The molecule has 5 heteroatoms. The van der Waals surface area contributed by atoms with Gasteiger partial charge in [-0.2, -0.15) is 0 Å². The highest BCUT2D eigenvalue weighted by atomic mass is 16.5. The Morgan fingerprint density at radius 1 is 0.690 bits per heavy atom. The highest BCUT2D eigenvalue weighted by Gasteiger charge is 2.16. The van der Waals surface area contributed by atoms with E-state index in [1.807, 2.05) is 36.4 Å². The van der Waals surface area contributed by atoms with Gasteiger partial charge in [0.15, 0.2) is 12.4 Å². The molecule has 0 heterocycles. The highest BCUT2D eigenvalue weighted by Crippen LogP contribution is 2.25. The van der Waals surface area contributed by atoms with Crippen LogP contribution in [0.5, 0.6) is 0 Å². The summed E-state index contributed by atoms with van der Waals surface area (Å²) in [7, 11) is 0. The van der Waals surface area contributed by atoms with Crippen molar-refractivity contribution in [1.82, 2.24) is 0 Å². The number of rotatable bonds is 7. The van der Waals surface area contributed by atoms with E-state index in [4.69, 9.17) is 4.74 Å². The minimum absolute atomic E-state index is 0.311. The van der Waals surface area contributed by atoms with Gasteiger partial charge in [0, 0.05) is 29.1 Å². The number of hydrogen-bond donors (Lipinski definition) is 0. The van der Waals surface area contributed by atoms with E-state index in [0.29, 0.717) is 16.9 Å². The van der Waals surface area contributed by atoms with Crippen LogP contribution in [0.3, 0.4) is 0 Å². The largest absolute Gasteiger partial charge is 0.454 e. The third kappa shape index (κ3) is 5.49. The Hall–Kier alpha value is -3.99. The van der Waals surface area contributed by atoms with Crippen molar-refractivity contribution in [2.45, 2.75) is 0 Å². The number of carbonyl (C=O) groups excluding carboxylic acids is 3. The molecule has 0 atom stereocenters. The minimum Gasteiger partial charge on any atom is -0.454 e. The van der Waals surface area contributed by atoms with Crippen LogP contribution >= 0.6 is 0 Å². The molecule has 1 amide bonds. The van der Waals surface area contributed by atoms with Gasteiger partial charge in [0.05, 0.1) is 0 Å². The molecule has 0 saturated carbocycles. The average Bonchev–Trinajstić information content (AvgIpc) is 2.78. The molecule has 0 radical (unpaired) electrons. The summed E-state index contributed by atoms with van der Waals surface area (Å²) in [6, 6.07) is 26.8. The molecule has 0 saturated heterocycles. The van der Waals surface area contributed by atoms with Crippen molar-refractivity contribution in [2.24, 2.45) is 0 Å². The van der Waals surface area contributed by atoms with E-state index >= 15 is 0 Å². The van der Waals surface area contributed by atoms with E-state index in [0.717, 1.165) is 12.2 Å². The summed E-state index contributed by atoms with van der Waals surface area (Å²) in [5.74, 6) is -1.48. The highest BCUT2D eigenvalue weighted by molar-refractivity contribution is 6.09. The molecule has 0 aliphatic heterocycles. The molecule has 0 aliphatic carbocycles. The van der Waals surface area contributed by atoms with Crippen molar-refractivity contribution in [3.8, 4) is 0 Å². The zero-order chi connectivity index (χ0) is 20.5. The van der Waals surface area contributed by atoms with Crippen LogP contribution < -0.4 is 4.90 Å². The maximum Gasteiger partial charge on any atom is 0.331 e. The molecule has 29 heavy (non-hydrogen) atoms. The predicted octanol–water partition coefficient (Wildman–Crippen LogP) is 4.33. The lowest BCUT2D eigenvalue weighted by molar-refractivity contribution is -0.136. The predicted molar refractivity (Wildman–Crippen MR) is 111 cm³/mol. The first-order valence-electron chi connectivity index (χ1n) is 9.02. The summed E-state index contributed by atoms with van der Waals surface area (Å²) in [6.07, 6.45) is 2.16. The average molecular weight is 385 g/mol. The van der Waals surface area contributed by atoms with Gasteiger partial charge in [-0.25, -0.2) is 4.79 Å². The summed E-state index contributed by atoms with van der Waals surface area (Å²) in [4.78, 5) is 38.2. The second-order valence-corrected chi connectivity index (χ2v) is 6.07. The van der Waals surface area contributed by atoms with Crippen LogP contribution in [0.25, 0.3) is 0 Å². The molecule has 5 nitrogen and oxygen atoms in total. The second kappa shape index (κ2) is 9.80. The summed E-state index contributed by atoms with van der Waals surface area (Å²) in [5.41, 5.74) is 1.79. The Morgan fingerprint density at radius 2 is 1.17 bits per heavy atom. The van der Waals surface area contributed by atoms with Crippen LogP contribution in [-0.2, 0) is 14.3 Å². The van der Waals surface area contributed by atoms with Gasteiger partial charge < -0.3 is 4.74 Å². The fourth-order valence-electron chi connectivity index (χ4n) is 2.66. The van der Waals surface area contributed by atoms with Gasteiger partial charge in [-0.1, -0.05) is 66.7 Å².